The van der Waals surface area contributed by atoms with E-state index in [-0.39, 0.29) is 24.3 Å². The molecule has 3 rings (SSSR count). The lowest BCUT2D eigenvalue weighted by Gasteiger charge is -2.17. The first-order valence-electron chi connectivity index (χ1n) is 8.01. The second-order valence-corrected chi connectivity index (χ2v) is 7.54. The molecule has 0 radical (unpaired) electrons. The minimum absolute atomic E-state index is 0.00956. The Morgan fingerprint density at radius 3 is 2.40 bits per heavy atom. The maximum Gasteiger partial charge on any atom is 0.259 e. The molecule has 2 aromatic carbocycles. The number of hydrogen-bond acceptors (Lipinski definition) is 3. The highest BCUT2D eigenvalue weighted by Crippen LogP contribution is 2.63. The van der Waals surface area contributed by atoms with Crippen molar-refractivity contribution < 1.29 is 4.79 Å². The summed E-state index contributed by atoms with van der Waals surface area (Å²) in [6.07, 6.45) is 1.62. The predicted molar refractivity (Wildman–Crippen MR) is 103 cm³/mol. The molecule has 6 heteroatoms. The first-order valence-corrected chi connectivity index (χ1v) is 8.76. The Bertz CT molecular complexity index is 750. The van der Waals surface area contributed by atoms with Gasteiger partial charge in [0.15, 0.2) is 0 Å². The van der Waals surface area contributed by atoms with Crippen molar-refractivity contribution in [1.29, 1.82) is 0 Å². The van der Waals surface area contributed by atoms with Crippen molar-refractivity contribution in [3.8, 4) is 0 Å². The fourth-order valence-corrected chi connectivity index (χ4v) is 3.60. The average Bonchev–Trinajstić information content (AvgIpc) is 3.17. The Labute approximate surface area is 157 Å². The molecule has 0 unspecified atom stereocenters. The van der Waals surface area contributed by atoms with Crippen molar-refractivity contribution in [2.45, 2.75) is 10.3 Å². The first kappa shape index (κ1) is 17.8. The number of nitrogens with zero attached hydrogens (tertiary/aromatic N) is 2. The van der Waals surface area contributed by atoms with E-state index in [2.05, 4.69) is 10.5 Å². The molecule has 1 aliphatic rings. The maximum absolute atomic E-state index is 12.0. The van der Waals surface area contributed by atoms with Gasteiger partial charge in [0.05, 0.1) is 6.54 Å². The number of hydrogen-bond donors (Lipinski definition) is 1. The SMILES string of the molecule is CN(CC(=O)N/N=C\[C@@H]1[C@H](c2ccccc2)C1(Cl)Cl)c1ccccc1. The lowest BCUT2D eigenvalue weighted by Crippen LogP contribution is -2.32. The summed E-state index contributed by atoms with van der Waals surface area (Å²) in [4.78, 5) is 13.9. The summed E-state index contributed by atoms with van der Waals surface area (Å²) >= 11 is 12.7. The maximum atomic E-state index is 12.0. The van der Waals surface area contributed by atoms with Gasteiger partial charge in [-0.25, -0.2) is 5.43 Å². The van der Waals surface area contributed by atoms with Crippen LogP contribution in [-0.4, -0.2) is 30.0 Å². The number of rotatable bonds is 6. The van der Waals surface area contributed by atoms with Gasteiger partial charge in [-0.05, 0) is 17.7 Å². The van der Waals surface area contributed by atoms with Gasteiger partial charge >= 0.3 is 0 Å². The van der Waals surface area contributed by atoms with E-state index in [0.717, 1.165) is 11.3 Å². The highest BCUT2D eigenvalue weighted by Gasteiger charge is 2.63. The number of para-hydroxylation sites is 1. The third-order valence-corrected chi connectivity index (χ3v) is 5.24. The van der Waals surface area contributed by atoms with Crippen LogP contribution in [0.5, 0.6) is 0 Å². The minimum atomic E-state index is -0.879. The van der Waals surface area contributed by atoms with Gasteiger partial charge in [-0.1, -0.05) is 48.5 Å². The molecule has 1 aliphatic carbocycles. The lowest BCUT2D eigenvalue weighted by molar-refractivity contribution is -0.119. The smallest absolute Gasteiger partial charge is 0.259 e. The molecule has 1 fully saturated rings. The van der Waals surface area contributed by atoms with Gasteiger partial charge < -0.3 is 4.90 Å². The average molecular weight is 376 g/mol. The van der Waals surface area contributed by atoms with Gasteiger partial charge in [-0.3, -0.25) is 4.79 Å². The highest BCUT2D eigenvalue weighted by molar-refractivity contribution is 6.53. The van der Waals surface area contributed by atoms with Gasteiger partial charge in [0.1, 0.15) is 4.33 Å². The van der Waals surface area contributed by atoms with Crippen LogP contribution in [0.2, 0.25) is 0 Å². The van der Waals surface area contributed by atoms with E-state index in [1.54, 1.807) is 6.21 Å². The Kier molecular flexibility index (Phi) is 5.30. The molecule has 130 valence electrons. The van der Waals surface area contributed by atoms with Crippen LogP contribution < -0.4 is 10.3 Å². The number of benzene rings is 2. The second-order valence-electron chi connectivity index (χ2n) is 6.09. The van der Waals surface area contributed by atoms with E-state index < -0.39 is 4.33 Å². The third-order valence-electron chi connectivity index (χ3n) is 4.27. The first-order chi connectivity index (χ1) is 12.0. The molecular weight excluding hydrogens is 357 g/mol. The zero-order chi connectivity index (χ0) is 17.9. The van der Waals surface area contributed by atoms with Crippen LogP contribution in [0.25, 0.3) is 0 Å². The molecule has 1 N–H and O–H groups in total. The summed E-state index contributed by atoms with van der Waals surface area (Å²) in [7, 11) is 1.85. The van der Waals surface area contributed by atoms with Crippen LogP contribution in [0.3, 0.4) is 0 Å². The summed E-state index contributed by atoms with van der Waals surface area (Å²) in [5.41, 5.74) is 4.57. The van der Waals surface area contributed by atoms with E-state index in [1.807, 2.05) is 72.6 Å². The topological polar surface area (TPSA) is 44.7 Å². The predicted octanol–water partition coefficient (Wildman–Crippen LogP) is 3.81. The number of halogens is 2. The standard InChI is InChI=1S/C19H19Cl2N3O/c1-24(15-10-6-3-7-11-15)13-17(25)23-22-12-16-18(19(16,20)21)14-8-4-2-5-9-14/h2-12,16,18H,13H2,1H3,(H,23,25)/b22-12-/t16-,18+/m1/s1. The molecule has 0 bridgehead atoms. The lowest BCUT2D eigenvalue weighted by atomic mass is 10.1. The summed E-state index contributed by atoms with van der Waals surface area (Å²) in [6, 6.07) is 19.5. The van der Waals surface area contributed by atoms with Gasteiger partial charge in [0.25, 0.3) is 5.91 Å². The Morgan fingerprint density at radius 1 is 1.16 bits per heavy atom. The fourth-order valence-electron chi connectivity index (χ4n) is 2.84. The fraction of sp³-hybridized carbons (Fsp3) is 0.263. The largest absolute Gasteiger partial charge is 0.365 e. The number of nitrogens with one attached hydrogen (secondary N) is 1. The van der Waals surface area contributed by atoms with Crippen molar-refractivity contribution in [3.05, 3.63) is 66.2 Å². The number of amides is 1. The summed E-state index contributed by atoms with van der Waals surface area (Å²) in [5.74, 6) is -0.329. The van der Waals surface area contributed by atoms with E-state index in [9.17, 15) is 4.79 Å². The van der Waals surface area contributed by atoms with Crippen LogP contribution in [0.4, 0.5) is 5.69 Å². The van der Waals surface area contributed by atoms with Crippen LogP contribution in [-0.2, 0) is 4.79 Å². The van der Waals surface area contributed by atoms with E-state index in [0.29, 0.717) is 0 Å². The summed E-state index contributed by atoms with van der Waals surface area (Å²) in [6.45, 7) is 0.209. The van der Waals surface area contributed by atoms with Crippen molar-refractivity contribution in [2.75, 3.05) is 18.5 Å². The van der Waals surface area contributed by atoms with Crippen molar-refractivity contribution in [1.82, 2.24) is 5.43 Å². The molecule has 1 amide bonds. The van der Waals surface area contributed by atoms with Crippen LogP contribution in [0, 0.1) is 5.92 Å². The molecule has 1 saturated carbocycles. The quantitative estimate of drug-likeness (QED) is 0.473. The van der Waals surface area contributed by atoms with Crippen molar-refractivity contribution >= 4 is 41.0 Å². The van der Waals surface area contributed by atoms with Gasteiger partial charge in [-0.15, -0.1) is 23.2 Å². The third kappa shape index (κ3) is 4.14. The van der Waals surface area contributed by atoms with E-state index in [1.165, 1.54) is 0 Å². The number of likely N-dealkylation sites (N-methyl/N-ethyl adjacent to an activating group) is 1. The van der Waals surface area contributed by atoms with Crippen LogP contribution in [0.1, 0.15) is 11.5 Å². The van der Waals surface area contributed by atoms with E-state index in [4.69, 9.17) is 23.2 Å². The number of carbonyl (C=O) groups is 1. The molecule has 0 spiro atoms. The molecule has 25 heavy (non-hydrogen) atoms. The molecule has 0 aromatic heterocycles. The molecule has 0 heterocycles. The normalized spacial score (nSPS) is 21.1. The monoisotopic (exact) mass is 375 g/mol. The van der Waals surface area contributed by atoms with Gasteiger partial charge in [-0.2, -0.15) is 5.10 Å². The molecule has 0 saturated heterocycles. The Hall–Kier alpha value is -2.04. The van der Waals surface area contributed by atoms with Crippen LogP contribution >= 0.6 is 23.2 Å². The number of anilines is 1. The highest BCUT2D eigenvalue weighted by atomic mass is 35.5. The molecule has 2 aromatic rings. The van der Waals surface area contributed by atoms with E-state index >= 15 is 0 Å². The zero-order valence-corrected chi connectivity index (χ0v) is 15.3. The Morgan fingerprint density at radius 2 is 1.76 bits per heavy atom. The van der Waals surface area contributed by atoms with Crippen molar-refractivity contribution in [3.63, 3.8) is 0 Å². The minimum Gasteiger partial charge on any atom is -0.365 e. The van der Waals surface area contributed by atoms with Gasteiger partial charge in [0.2, 0.25) is 0 Å². The number of carbonyl (C=O) groups excluding carboxylic acids is 1. The number of alkyl halides is 2. The van der Waals surface area contributed by atoms with Crippen molar-refractivity contribution in [2.24, 2.45) is 11.0 Å². The number of hydrazone groups is 1. The summed E-state index contributed by atoms with van der Waals surface area (Å²) in [5, 5.41) is 4.03. The molecule has 0 aliphatic heterocycles. The molecule has 2 atom stereocenters. The molecular formula is C19H19Cl2N3O. The zero-order valence-electron chi connectivity index (χ0n) is 13.8. The van der Waals surface area contributed by atoms with Crippen LogP contribution in [0.15, 0.2) is 65.8 Å². The summed E-state index contributed by atoms with van der Waals surface area (Å²) < 4.78 is -0.879. The van der Waals surface area contributed by atoms with Gasteiger partial charge in [0, 0.05) is 30.8 Å². The molecule has 4 nitrogen and oxygen atoms in total. The Balaban J connectivity index is 1.52. The second kappa shape index (κ2) is 7.46.